The Morgan fingerprint density at radius 3 is 2.55 bits per heavy atom. The molecule has 0 saturated carbocycles. The number of nitro groups is 1. The molecule has 0 atom stereocenters. The standard InChI is InChI=1S/C12H14N6O2/c13-17-12-10(18(19)20)11(15-8-16-12)14-7-6-9-4-2-1-3-5-9/h1-5,8H,6-7,13H2,(H2,14,15,16,17). The van der Waals surface area contributed by atoms with E-state index in [2.05, 4.69) is 20.7 Å². The molecular formula is C12H14N6O2. The molecule has 0 aliphatic heterocycles. The lowest BCUT2D eigenvalue weighted by Crippen LogP contribution is -2.14. The number of nitrogens with two attached hydrogens (primary N) is 1. The molecule has 0 saturated heterocycles. The van der Waals surface area contributed by atoms with Crippen molar-refractivity contribution in [3.8, 4) is 0 Å². The molecule has 0 radical (unpaired) electrons. The lowest BCUT2D eigenvalue weighted by atomic mass is 10.1. The highest BCUT2D eigenvalue weighted by molar-refractivity contribution is 5.68. The molecule has 1 aromatic carbocycles. The summed E-state index contributed by atoms with van der Waals surface area (Å²) in [5.74, 6) is 5.33. The summed E-state index contributed by atoms with van der Waals surface area (Å²) in [4.78, 5) is 18.1. The molecule has 0 amide bonds. The van der Waals surface area contributed by atoms with E-state index in [1.807, 2.05) is 30.3 Å². The van der Waals surface area contributed by atoms with Crippen LogP contribution in [0.3, 0.4) is 0 Å². The number of aromatic nitrogens is 2. The predicted molar refractivity (Wildman–Crippen MR) is 75.1 cm³/mol. The van der Waals surface area contributed by atoms with Crippen LogP contribution in [0, 0.1) is 10.1 Å². The lowest BCUT2D eigenvalue weighted by Gasteiger charge is -2.08. The quantitative estimate of drug-likeness (QED) is 0.413. The maximum absolute atomic E-state index is 11.0. The number of hydrogen-bond donors (Lipinski definition) is 3. The van der Waals surface area contributed by atoms with Crippen molar-refractivity contribution in [1.82, 2.24) is 9.97 Å². The van der Waals surface area contributed by atoms with Crippen LogP contribution >= 0.6 is 0 Å². The van der Waals surface area contributed by atoms with Crippen molar-refractivity contribution in [2.75, 3.05) is 17.3 Å². The average Bonchev–Trinajstić information content (AvgIpc) is 2.47. The van der Waals surface area contributed by atoms with Crippen molar-refractivity contribution in [3.05, 3.63) is 52.3 Å². The third-order valence-corrected chi connectivity index (χ3v) is 2.69. The van der Waals surface area contributed by atoms with Gasteiger partial charge in [0.1, 0.15) is 6.33 Å². The van der Waals surface area contributed by atoms with Gasteiger partial charge in [-0.05, 0) is 12.0 Å². The van der Waals surface area contributed by atoms with Crippen LogP contribution in [0.4, 0.5) is 17.3 Å². The van der Waals surface area contributed by atoms with Crippen LogP contribution in [-0.2, 0) is 6.42 Å². The summed E-state index contributed by atoms with van der Waals surface area (Å²) in [6.07, 6.45) is 1.94. The highest BCUT2D eigenvalue weighted by Gasteiger charge is 2.21. The summed E-state index contributed by atoms with van der Waals surface area (Å²) >= 11 is 0. The minimum absolute atomic E-state index is 0.0211. The van der Waals surface area contributed by atoms with Gasteiger partial charge in [0.25, 0.3) is 0 Å². The van der Waals surface area contributed by atoms with Crippen LogP contribution in [0.15, 0.2) is 36.7 Å². The van der Waals surface area contributed by atoms with Gasteiger partial charge >= 0.3 is 5.69 Å². The van der Waals surface area contributed by atoms with Gasteiger partial charge in [-0.15, -0.1) is 0 Å². The van der Waals surface area contributed by atoms with E-state index < -0.39 is 4.92 Å². The van der Waals surface area contributed by atoms with Crippen molar-refractivity contribution < 1.29 is 4.92 Å². The monoisotopic (exact) mass is 274 g/mol. The van der Waals surface area contributed by atoms with Gasteiger partial charge in [0.2, 0.25) is 11.6 Å². The molecule has 8 heteroatoms. The molecular weight excluding hydrogens is 260 g/mol. The molecule has 2 aromatic rings. The van der Waals surface area contributed by atoms with Crippen molar-refractivity contribution in [1.29, 1.82) is 0 Å². The second-order valence-electron chi connectivity index (χ2n) is 3.98. The van der Waals surface area contributed by atoms with Gasteiger partial charge in [-0.3, -0.25) is 10.1 Å². The number of nitrogen functional groups attached to an aromatic ring is 1. The van der Waals surface area contributed by atoms with E-state index in [1.54, 1.807) is 0 Å². The molecule has 8 nitrogen and oxygen atoms in total. The minimum atomic E-state index is -0.569. The maximum atomic E-state index is 11.0. The zero-order valence-corrected chi connectivity index (χ0v) is 10.6. The summed E-state index contributed by atoms with van der Waals surface area (Å²) < 4.78 is 0. The van der Waals surface area contributed by atoms with Gasteiger partial charge in [-0.1, -0.05) is 30.3 Å². The van der Waals surface area contributed by atoms with Crippen molar-refractivity contribution in [3.63, 3.8) is 0 Å². The third-order valence-electron chi connectivity index (χ3n) is 2.69. The fourth-order valence-electron chi connectivity index (χ4n) is 1.76. The molecule has 20 heavy (non-hydrogen) atoms. The molecule has 104 valence electrons. The van der Waals surface area contributed by atoms with E-state index in [4.69, 9.17) is 5.84 Å². The van der Waals surface area contributed by atoms with Gasteiger partial charge in [0, 0.05) is 6.54 Å². The molecule has 0 fully saturated rings. The largest absolute Gasteiger partial charge is 0.364 e. The number of hydrogen-bond acceptors (Lipinski definition) is 7. The second kappa shape index (κ2) is 6.43. The van der Waals surface area contributed by atoms with Crippen LogP contribution in [0.2, 0.25) is 0 Å². The Hall–Kier alpha value is -2.74. The first-order valence-corrected chi connectivity index (χ1v) is 5.96. The first-order valence-electron chi connectivity index (χ1n) is 5.96. The van der Waals surface area contributed by atoms with Crippen LogP contribution < -0.4 is 16.6 Å². The fourth-order valence-corrected chi connectivity index (χ4v) is 1.76. The number of nitrogens with zero attached hydrogens (tertiary/aromatic N) is 3. The first kappa shape index (κ1) is 13.7. The molecule has 0 aliphatic rings. The number of benzene rings is 1. The maximum Gasteiger partial charge on any atom is 0.354 e. The van der Waals surface area contributed by atoms with Crippen LogP contribution in [0.1, 0.15) is 5.56 Å². The van der Waals surface area contributed by atoms with Crippen LogP contribution in [0.25, 0.3) is 0 Å². The Bertz CT molecular complexity index is 590. The van der Waals surface area contributed by atoms with Gasteiger partial charge in [0.15, 0.2) is 0 Å². The normalized spacial score (nSPS) is 10.1. The molecule has 1 aromatic heterocycles. The molecule has 0 unspecified atom stereocenters. The van der Waals surface area contributed by atoms with Crippen molar-refractivity contribution >= 4 is 17.3 Å². The lowest BCUT2D eigenvalue weighted by molar-refractivity contribution is -0.383. The van der Waals surface area contributed by atoms with Crippen molar-refractivity contribution in [2.45, 2.75) is 6.42 Å². The molecule has 4 N–H and O–H groups in total. The molecule has 0 bridgehead atoms. The van der Waals surface area contributed by atoms with Gasteiger partial charge in [-0.2, -0.15) is 0 Å². The summed E-state index contributed by atoms with van der Waals surface area (Å²) in [6.45, 7) is 0.520. The zero-order chi connectivity index (χ0) is 14.4. The number of anilines is 2. The number of nitrogens with one attached hydrogen (secondary N) is 2. The summed E-state index contributed by atoms with van der Waals surface area (Å²) in [7, 11) is 0. The summed E-state index contributed by atoms with van der Waals surface area (Å²) in [6, 6.07) is 9.80. The first-order chi connectivity index (χ1) is 9.72. The van der Waals surface area contributed by atoms with Crippen LogP contribution in [-0.4, -0.2) is 21.4 Å². The molecule has 0 spiro atoms. The zero-order valence-electron chi connectivity index (χ0n) is 10.6. The van der Waals surface area contributed by atoms with E-state index in [-0.39, 0.29) is 17.3 Å². The Balaban J connectivity index is 2.08. The predicted octanol–water partition coefficient (Wildman–Crippen LogP) is 1.32. The van der Waals surface area contributed by atoms with Gasteiger partial charge < -0.3 is 10.7 Å². The number of hydrazine groups is 1. The van der Waals surface area contributed by atoms with E-state index in [0.29, 0.717) is 6.54 Å². The average molecular weight is 274 g/mol. The van der Waals surface area contributed by atoms with Crippen LogP contribution in [0.5, 0.6) is 0 Å². The third kappa shape index (κ3) is 3.18. The van der Waals surface area contributed by atoms with E-state index in [0.717, 1.165) is 12.0 Å². The SMILES string of the molecule is NNc1ncnc(NCCc2ccccc2)c1[N+](=O)[O-]. The summed E-state index contributed by atoms with van der Waals surface area (Å²) in [5.41, 5.74) is 3.06. The summed E-state index contributed by atoms with van der Waals surface area (Å²) in [5, 5.41) is 14.0. The Morgan fingerprint density at radius 2 is 1.90 bits per heavy atom. The fraction of sp³-hybridized carbons (Fsp3) is 0.167. The Kier molecular flexibility index (Phi) is 4.40. The highest BCUT2D eigenvalue weighted by atomic mass is 16.6. The molecule has 1 heterocycles. The second-order valence-corrected chi connectivity index (χ2v) is 3.98. The topological polar surface area (TPSA) is 119 Å². The van der Waals surface area contributed by atoms with E-state index >= 15 is 0 Å². The number of rotatable bonds is 6. The highest BCUT2D eigenvalue weighted by Crippen LogP contribution is 2.27. The minimum Gasteiger partial charge on any atom is -0.364 e. The van der Waals surface area contributed by atoms with E-state index in [1.165, 1.54) is 6.33 Å². The smallest absolute Gasteiger partial charge is 0.354 e. The molecule has 0 aliphatic carbocycles. The van der Waals surface area contributed by atoms with E-state index in [9.17, 15) is 10.1 Å². The molecule has 2 rings (SSSR count). The van der Waals surface area contributed by atoms with Gasteiger partial charge in [0.05, 0.1) is 4.92 Å². The van der Waals surface area contributed by atoms with Crippen molar-refractivity contribution in [2.24, 2.45) is 5.84 Å². The Morgan fingerprint density at radius 1 is 1.20 bits per heavy atom. The Labute approximate surface area is 115 Å². The van der Waals surface area contributed by atoms with Gasteiger partial charge in [-0.25, -0.2) is 15.8 Å².